The number of hydrogen-bond acceptors (Lipinski definition) is 3. The summed E-state index contributed by atoms with van der Waals surface area (Å²) in [5.74, 6) is 0.382. The van der Waals surface area contributed by atoms with Crippen LogP contribution in [0.3, 0.4) is 0 Å². The molecule has 5 nitrogen and oxygen atoms in total. The number of furan rings is 1. The largest absolute Gasteiger partial charge is 0.467 e. The molecule has 1 unspecified atom stereocenters. The monoisotopic (exact) mass is 222 g/mol. The number of carbonyl (C=O) groups is 2. The van der Waals surface area contributed by atoms with Gasteiger partial charge in [0.1, 0.15) is 5.76 Å². The third-order valence-corrected chi connectivity index (χ3v) is 2.63. The van der Waals surface area contributed by atoms with E-state index < -0.39 is 0 Å². The highest BCUT2D eigenvalue weighted by Gasteiger charge is 2.25. The van der Waals surface area contributed by atoms with Gasteiger partial charge >= 0.3 is 0 Å². The smallest absolute Gasteiger partial charge is 0.224 e. The molecule has 86 valence electrons. The van der Waals surface area contributed by atoms with E-state index in [0.29, 0.717) is 25.3 Å². The zero-order valence-corrected chi connectivity index (χ0v) is 8.86. The van der Waals surface area contributed by atoms with Crippen LogP contribution in [0.1, 0.15) is 18.6 Å². The highest BCUT2D eigenvalue weighted by molar-refractivity contribution is 5.86. The van der Waals surface area contributed by atoms with Crippen LogP contribution in [-0.2, 0) is 16.1 Å². The molecule has 1 saturated heterocycles. The Balaban J connectivity index is 1.81. The van der Waals surface area contributed by atoms with Crippen LogP contribution in [-0.4, -0.2) is 18.4 Å². The molecule has 2 rings (SSSR count). The van der Waals surface area contributed by atoms with E-state index in [4.69, 9.17) is 4.42 Å². The van der Waals surface area contributed by atoms with Crippen molar-refractivity contribution >= 4 is 11.8 Å². The van der Waals surface area contributed by atoms with E-state index in [2.05, 4.69) is 10.6 Å². The lowest BCUT2D eigenvalue weighted by Gasteiger charge is -2.20. The van der Waals surface area contributed by atoms with Gasteiger partial charge in [-0.05, 0) is 18.6 Å². The third-order valence-electron chi connectivity index (χ3n) is 2.63. The number of hydrogen-bond donors (Lipinski definition) is 2. The predicted molar refractivity (Wildman–Crippen MR) is 56.3 cm³/mol. The van der Waals surface area contributed by atoms with Crippen LogP contribution in [0.25, 0.3) is 0 Å². The van der Waals surface area contributed by atoms with Crippen molar-refractivity contribution in [3.05, 3.63) is 24.2 Å². The highest BCUT2D eigenvalue weighted by Crippen LogP contribution is 2.12. The van der Waals surface area contributed by atoms with E-state index >= 15 is 0 Å². The van der Waals surface area contributed by atoms with Gasteiger partial charge in [-0.1, -0.05) is 0 Å². The Hall–Kier alpha value is -1.78. The molecule has 5 heteroatoms. The van der Waals surface area contributed by atoms with Crippen LogP contribution in [0, 0.1) is 5.92 Å². The Morgan fingerprint density at radius 3 is 3.19 bits per heavy atom. The summed E-state index contributed by atoms with van der Waals surface area (Å²) < 4.78 is 5.10. The summed E-state index contributed by atoms with van der Waals surface area (Å²) in [4.78, 5) is 22.8. The maximum absolute atomic E-state index is 11.7. The molecule has 1 atom stereocenters. The lowest BCUT2D eigenvalue weighted by Crippen LogP contribution is -2.40. The van der Waals surface area contributed by atoms with Crippen LogP contribution in [0.15, 0.2) is 22.8 Å². The van der Waals surface area contributed by atoms with Gasteiger partial charge in [-0.15, -0.1) is 0 Å². The van der Waals surface area contributed by atoms with Gasteiger partial charge in [0.25, 0.3) is 0 Å². The van der Waals surface area contributed by atoms with Crippen molar-refractivity contribution in [3.8, 4) is 0 Å². The van der Waals surface area contributed by atoms with Gasteiger partial charge in [-0.25, -0.2) is 0 Å². The first-order valence-corrected chi connectivity index (χ1v) is 5.32. The van der Waals surface area contributed by atoms with Crippen LogP contribution in [0.2, 0.25) is 0 Å². The average Bonchev–Trinajstić information content (AvgIpc) is 2.78. The summed E-state index contributed by atoms with van der Waals surface area (Å²) in [6.45, 7) is 0.960. The molecular formula is C11H14N2O3. The molecule has 0 bridgehead atoms. The molecule has 2 amide bonds. The van der Waals surface area contributed by atoms with E-state index in [0.717, 1.165) is 0 Å². The second kappa shape index (κ2) is 4.83. The summed E-state index contributed by atoms with van der Waals surface area (Å²) in [5, 5.41) is 5.46. The molecule has 0 aliphatic carbocycles. The number of carbonyl (C=O) groups excluding carboxylic acids is 2. The molecule has 2 heterocycles. The summed E-state index contributed by atoms with van der Waals surface area (Å²) in [6, 6.07) is 3.57. The molecule has 0 radical (unpaired) electrons. The first-order valence-electron chi connectivity index (χ1n) is 5.32. The molecule has 1 fully saturated rings. The van der Waals surface area contributed by atoms with Crippen molar-refractivity contribution in [2.75, 3.05) is 6.54 Å². The maximum Gasteiger partial charge on any atom is 0.224 e. The van der Waals surface area contributed by atoms with E-state index in [9.17, 15) is 9.59 Å². The van der Waals surface area contributed by atoms with Gasteiger partial charge in [-0.3, -0.25) is 9.59 Å². The van der Waals surface area contributed by atoms with Crippen molar-refractivity contribution in [1.82, 2.24) is 10.6 Å². The molecule has 0 spiro atoms. The fraction of sp³-hybridized carbons (Fsp3) is 0.455. The molecule has 1 aliphatic rings. The maximum atomic E-state index is 11.7. The molecule has 2 N–H and O–H groups in total. The van der Waals surface area contributed by atoms with E-state index in [1.54, 1.807) is 18.4 Å². The molecule has 1 aromatic heterocycles. The topological polar surface area (TPSA) is 71.3 Å². The molecule has 16 heavy (non-hydrogen) atoms. The lowest BCUT2D eigenvalue weighted by atomic mass is 9.97. The van der Waals surface area contributed by atoms with Gasteiger partial charge in [0.2, 0.25) is 11.8 Å². The molecule has 0 aromatic carbocycles. The number of amides is 2. The third kappa shape index (κ3) is 2.62. The van der Waals surface area contributed by atoms with Gasteiger partial charge < -0.3 is 15.1 Å². The average molecular weight is 222 g/mol. The fourth-order valence-corrected chi connectivity index (χ4v) is 1.74. The Morgan fingerprint density at radius 1 is 1.62 bits per heavy atom. The van der Waals surface area contributed by atoms with E-state index in [1.165, 1.54) is 0 Å². The Kier molecular flexibility index (Phi) is 3.24. The van der Waals surface area contributed by atoms with E-state index in [1.807, 2.05) is 0 Å². The molecule has 1 aliphatic heterocycles. The first-order chi connectivity index (χ1) is 7.75. The lowest BCUT2D eigenvalue weighted by molar-refractivity contribution is -0.132. The minimum atomic E-state index is -0.205. The van der Waals surface area contributed by atoms with Crippen LogP contribution >= 0.6 is 0 Å². The minimum absolute atomic E-state index is 0.0515. The fourth-order valence-electron chi connectivity index (χ4n) is 1.74. The summed E-state index contributed by atoms with van der Waals surface area (Å²) >= 11 is 0. The van der Waals surface area contributed by atoms with Gasteiger partial charge in [0.05, 0.1) is 12.8 Å². The Labute approximate surface area is 93.2 Å². The van der Waals surface area contributed by atoms with Gasteiger partial charge in [0, 0.05) is 18.9 Å². The van der Waals surface area contributed by atoms with Crippen molar-refractivity contribution < 1.29 is 14.0 Å². The number of rotatable bonds is 3. The first kappa shape index (κ1) is 10.7. The zero-order valence-electron chi connectivity index (χ0n) is 8.86. The summed E-state index contributed by atoms with van der Waals surface area (Å²) in [7, 11) is 0. The quantitative estimate of drug-likeness (QED) is 0.778. The molecule has 0 saturated carbocycles. The second-order valence-corrected chi connectivity index (χ2v) is 3.84. The molecule has 1 aromatic rings. The van der Waals surface area contributed by atoms with Crippen molar-refractivity contribution in [1.29, 1.82) is 0 Å². The summed E-state index contributed by atoms with van der Waals surface area (Å²) in [5.41, 5.74) is 0. The van der Waals surface area contributed by atoms with Crippen LogP contribution < -0.4 is 10.6 Å². The second-order valence-electron chi connectivity index (χ2n) is 3.84. The van der Waals surface area contributed by atoms with Crippen molar-refractivity contribution in [3.63, 3.8) is 0 Å². The minimum Gasteiger partial charge on any atom is -0.467 e. The van der Waals surface area contributed by atoms with E-state index in [-0.39, 0.29) is 24.2 Å². The normalized spacial score (nSPS) is 20.2. The number of nitrogens with one attached hydrogen (secondary N) is 2. The highest BCUT2D eigenvalue weighted by atomic mass is 16.3. The van der Waals surface area contributed by atoms with Gasteiger partial charge in [-0.2, -0.15) is 0 Å². The zero-order chi connectivity index (χ0) is 11.4. The van der Waals surface area contributed by atoms with Crippen molar-refractivity contribution in [2.45, 2.75) is 19.4 Å². The van der Waals surface area contributed by atoms with Gasteiger partial charge in [0.15, 0.2) is 0 Å². The standard InChI is InChI=1S/C11H14N2O3/c14-10-6-8(3-4-12-10)11(15)13-7-9-2-1-5-16-9/h1-2,5,8H,3-4,6-7H2,(H,12,14)(H,13,15). The SMILES string of the molecule is O=C1CC(C(=O)NCc2ccco2)CCN1. The summed E-state index contributed by atoms with van der Waals surface area (Å²) in [6.07, 6.45) is 2.55. The predicted octanol–water partition coefficient (Wildman–Crippen LogP) is 0.422. The van der Waals surface area contributed by atoms with Crippen molar-refractivity contribution in [2.24, 2.45) is 5.92 Å². The Bertz CT molecular complexity index is 373. The number of piperidine rings is 1. The molecular weight excluding hydrogens is 208 g/mol. The van der Waals surface area contributed by atoms with Crippen LogP contribution in [0.5, 0.6) is 0 Å². The Morgan fingerprint density at radius 2 is 2.50 bits per heavy atom. The van der Waals surface area contributed by atoms with Crippen LogP contribution in [0.4, 0.5) is 0 Å².